The van der Waals surface area contributed by atoms with Crippen molar-refractivity contribution >= 4 is 21.6 Å². The molecule has 0 unspecified atom stereocenters. The molecule has 0 N–H and O–H groups in total. The van der Waals surface area contributed by atoms with Crippen LogP contribution in [0, 0.1) is 24.4 Å². The molecule has 13 heavy (non-hydrogen) atoms. The number of benzene rings is 1. The van der Waals surface area contributed by atoms with Gasteiger partial charge in [-0.25, -0.2) is 18.2 Å². The summed E-state index contributed by atoms with van der Waals surface area (Å²) in [5.41, 5.74) is 0.868. The van der Waals surface area contributed by atoms with Crippen molar-refractivity contribution in [3.8, 4) is 0 Å². The predicted octanol–water partition coefficient (Wildman–Crippen LogP) is 3.02. The van der Waals surface area contributed by atoms with E-state index in [-0.39, 0.29) is 15.8 Å². The van der Waals surface area contributed by atoms with Gasteiger partial charge in [0.25, 0.3) is 0 Å². The van der Waals surface area contributed by atoms with Gasteiger partial charge in [-0.15, -0.1) is 11.3 Å². The predicted molar refractivity (Wildman–Crippen MR) is 44.2 cm³/mol. The number of rotatable bonds is 0. The van der Waals surface area contributed by atoms with Gasteiger partial charge in [0.05, 0.1) is 10.2 Å². The van der Waals surface area contributed by atoms with Crippen molar-refractivity contribution in [2.45, 2.75) is 6.92 Å². The van der Waals surface area contributed by atoms with E-state index in [1.165, 1.54) is 12.4 Å². The van der Waals surface area contributed by atoms with Crippen LogP contribution in [0.2, 0.25) is 0 Å². The van der Waals surface area contributed by atoms with Crippen LogP contribution < -0.4 is 0 Å². The van der Waals surface area contributed by atoms with Crippen molar-refractivity contribution in [2.24, 2.45) is 0 Å². The molecule has 0 spiro atoms. The first-order chi connectivity index (χ1) is 6.13. The van der Waals surface area contributed by atoms with Gasteiger partial charge >= 0.3 is 0 Å². The normalized spacial score (nSPS) is 11.1. The highest BCUT2D eigenvalue weighted by atomic mass is 32.1. The Labute approximate surface area is 75.8 Å². The van der Waals surface area contributed by atoms with Crippen LogP contribution in [0.3, 0.4) is 0 Å². The Bertz CT molecular complexity index is 436. The smallest absolute Gasteiger partial charge is 0.178 e. The minimum atomic E-state index is -1.13. The average Bonchev–Trinajstić information content (AvgIpc) is 2.59. The van der Waals surface area contributed by atoms with Gasteiger partial charge in [-0.1, -0.05) is 0 Å². The molecule has 1 aromatic carbocycles. The monoisotopic (exact) mass is 203 g/mol. The van der Waals surface area contributed by atoms with Crippen LogP contribution in [0.4, 0.5) is 13.2 Å². The summed E-state index contributed by atoms with van der Waals surface area (Å²) in [6, 6.07) is 0. The number of aromatic nitrogens is 1. The second kappa shape index (κ2) is 2.70. The molecule has 2 aromatic rings. The first-order valence-corrected chi connectivity index (χ1v) is 4.37. The van der Waals surface area contributed by atoms with E-state index in [4.69, 9.17) is 0 Å². The molecule has 0 aliphatic carbocycles. The fourth-order valence-electron chi connectivity index (χ4n) is 1.10. The molecule has 0 amide bonds. The number of hydrogen-bond donors (Lipinski definition) is 0. The summed E-state index contributed by atoms with van der Waals surface area (Å²) in [4.78, 5) is 3.62. The number of halogens is 3. The number of nitrogens with zero attached hydrogens (tertiary/aromatic N) is 1. The van der Waals surface area contributed by atoms with Crippen LogP contribution in [0.5, 0.6) is 0 Å². The van der Waals surface area contributed by atoms with Crippen molar-refractivity contribution in [2.75, 3.05) is 0 Å². The highest BCUT2D eigenvalue weighted by Gasteiger charge is 2.18. The maximum absolute atomic E-state index is 13.2. The number of thiazole rings is 1. The molecule has 1 heterocycles. The van der Waals surface area contributed by atoms with Crippen LogP contribution in [0.15, 0.2) is 5.51 Å². The van der Waals surface area contributed by atoms with Crippen LogP contribution in [-0.4, -0.2) is 4.98 Å². The Kier molecular flexibility index (Phi) is 1.76. The molecule has 0 aliphatic rings. The molecule has 0 aliphatic heterocycles. The van der Waals surface area contributed by atoms with Crippen molar-refractivity contribution in [3.05, 3.63) is 28.5 Å². The van der Waals surface area contributed by atoms with E-state index in [0.717, 1.165) is 11.3 Å². The largest absolute Gasteiger partial charge is 0.241 e. The summed E-state index contributed by atoms with van der Waals surface area (Å²) in [7, 11) is 0. The number of fused-ring (bicyclic) bond motifs is 1. The lowest BCUT2D eigenvalue weighted by atomic mass is 10.2. The highest BCUT2D eigenvalue weighted by molar-refractivity contribution is 7.16. The lowest BCUT2D eigenvalue weighted by molar-refractivity contribution is 0.498. The summed E-state index contributed by atoms with van der Waals surface area (Å²) < 4.78 is 39.2. The van der Waals surface area contributed by atoms with Gasteiger partial charge in [-0.05, 0) is 6.92 Å². The average molecular weight is 203 g/mol. The maximum Gasteiger partial charge on any atom is 0.178 e. The lowest BCUT2D eigenvalue weighted by Crippen LogP contribution is -1.94. The zero-order chi connectivity index (χ0) is 9.59. The topological polar surface area (TPSA) is 12.9 Å². The van der Waals surface area contributed by atoms with E-state index in [1.807, 2.05) is 0 Å². The molecule has 5 heteroatoms. The number of hydrogen-bond acceptors (Lipinski definition) is 2. The fourth-order valence-corrected chi connectivity index (χ4v) is 1.81. The molecule has 2 rings (SSSR count). The third-order valence-corrected chi connectivity index (χ3v) is 2.64. The van der Waals surface area contributed by atoms with Gasteiger partial charge in [-0.3, -0.25) is 0 Å². The Hall–Kier alpha value is -1.10. The summed E-state index contributed by atoms with van der Waals surface area (Å²) in [6.45, 7) is 1.19. The Balaban J connectivity index is 3.02. The molecule has 0 saturated carbocycles. The van der Waals surface area contributed by atoms with E-state index in [2.05, 4.69) is 4.98 Å². The van der Waals surface area contributed by atoms with Crippen LogP contribution in [0.25, 0.3) is 10.2 Å². The molecular formula is C8H4F3NS. The molecule has 68 valence electrons. The lowest BCUT2D eigenvalue weighted by Gasteiger charge is -2.00. The third-order valence-electron chi connectivity index (χ3n) is 1.83. The second-order valence-corrected chi connectivity index (χ2v) is 3.45. The first kappa shape index (κ1) is 8.50. The Morgan fingerprint density at radius 1 is 1.15 bits per heavy atom. The summed E-state index contributed by atoms with van der Waals surface area (Å²) in [6.07, 6.45) is 0. The Morgan fingerprint density at radius 3 is 2.54 bits per heavy atom. The molecule has 0 bridgehead atoms. The van der Waals surface area contributed by atoms with E-state index >= 15 is 0 Å². The zero-order valence-corrected chi connectivity index (χ0v) is 7.38. The fraction of sp³-hybridized carbons (Fsp3) is 0.125. The van der Waals surface area contributed by atoms with Crippen molar-refractivity contribution in [3.63, 3.8) is 0 Å². The minimum absolute atomic E-state index is 0.0689. The second-order valence-electron chi connectivity index (χ2n) is 2.60. The highest BCUT2D eigenvalue weighted by Crippen LogP contribution is 2.28. The van der Waals surface area contributed by atoms with Gasteiger partial charge in [0, 0.05) is 5.56 Å². The first-order valence-electron chi connectivity index (χ1n) is 3.49. The van der Waals surface area contributed by atoms with Gasteiger partial charge < -0.3 is 0 Å². The SMILES string of the molecule is Cc1c(F)c(F)c2scnc2c1F. The molecule has 1 nitrogen and oxygen atoms in total. The molecule has 0 atom stereocenters. The van der Waals surface area contributed by atoms with E-state index in [1.54, 1.807) is 0 Å². The van der Waals surface area contributed by atoms with Gasteiger partial charge in [0.1, 0.15) is 5.52 Å². The molecule has 0 radical (unpaired) electrons. The quantitative estimate of drug-likeness (QED) is 0.600. The van der Waals surface area contributed by atoms with E-state index in [0.29, 0.717) is 0 Å². The van der Waals surface area contributed by atoms with Crippen molar-refractivity contribution < 1.29 is 13.2 Å². The van der Waals surface area contributed by atoms with E-state index in [9.17, 15) is 13.2 Å². The van der Waals surface area contributed by atoms with Crippen molar-refractivity contribution in [1.82, 2.24) is 4.98 Å². The van der Waals surface area contributed by atoms with Crippen LogP contribution in [0.1, 0.15) is 5.56 Å². The van der Waals surface area contributed by atoms with Gasteiger partial charge in [0.2, 0.25) is 0 Å². The molecule has 0 saturated heterocycles. The zero-order valence-electron chi connectivity index (χ0n) is 6.57. The maximum atomic E-state index is 13.2. The Morgan fingerprint density at radius 2 is 1.85 bits per heavy atom. The molecule has 1 aromatic heterocycles. The molecular weight excluding hydrogens is 199 g/mol. The minimum Gasteiger partial charge on any atom is -0.241 e. The van der Waals surface area contributed by atoms with Crippen LogP contribution >= 0.6 is 11.3 Å². The summed E-state index contributed by atoms with van der Waals surface area (Å²) >= 11 is 0.885. The third kappa shape index (κ3) is 1.03. The van der Waals surface area contributed by atoms with Crippen molar-refractivity contribution in [1.29, 1.82) is 0 Å². The van der Waals surface area contributed by atoms with E-state index < -0.39 is 17.5 Å². The standard InChI is InChI=1S/C8H4F3NS/c1-3-4(9)6(11)8-7(5(3)10)12-2-13-8/h2H,1H3. The van der Waals surface area contributed by atoms with Gasteiger partial charge in [-0.2, -0.15) is 0 Å². The molecule has 0 fully saturated rings. The van der Waals surface area contributed by atoms with Gasteiger partial charge in [0.15, 0.2) is 17.5 Å². The summed E-state index contributed by atoms with van der Waals surface area (Å²) in [5, 5.41) is 0. The summed E-state index contributed by atoms with van der Waals surface area (Å²) in [5.74, 6) is -2.93. The van der Waals surface area contributed by atoms with Crippen LogP contribution in [-0.2, 0) is 0 Å².